The van der Waals surface area contributed by atoms with E-state index >= 15 is 0 Å². The minimum absolute atomic E-state index is 0.0289. The van der Waals surface area contributed by atoms with Crippen molar-refractivity contribution in [1.29, 1.82) is 0 Å². The molecule has 0 aliphatic heterocycles. The van der Waals surface area contributed by atoms with Crippen LogP contribution in [0.15, 0.2) is 29.5 Å². The van der Waals surface area contributed by atoms with Gasteiger partial charge in [-0.25, -0.2) is 9.37 Å². The van der Waals surface area contributed by atoms with Gasteiger partial charge in [0.15, 0.2) is 5.82 Å². The lowest BCUT2D eigenvalue weighted by atomic mass is 10.0. The summed E-state index contributed by atoms with van der Waals surface area (Å²) in [6.07, 6.45) is 2.57. The highest BCUT2D eigenvalue weighted by Crippen LogP contribution is 2.36. The zero-order valence-electron chi connectivity index (χ0n) is 12.4. The number of nitrogens with zero attached hydrogens (tertiary/aromatic N) is 2. The first kappa shape index (κ1) is 15.4. The second kappa shape index (κ2) is 5.62. The maximum Gasteiger partial charge on any atom is 0.258 e. The molecule has 1 aromatic carbocycles. The molecule has 2 aromatic heterocycles. The van der Waals surface area contributed by atoms with E-state index in [4.69, 9.17) is 11.6 Å². The lowest BCUT2D eigenvalue weighted by Gasteiger charge is -2.11. The Labute approximate surface area is 135 Å². The van der Waals surface area contributed by atoms with Crippen LogP contribution in [0.4, 0.5) is 4.39 Å². The van der Waals surface area contributed by atoms with E-state index in [1.807, 2.05) is 13.8 Å². The molecule has 0 aliphatic rings. The minimum atomic E-state index is -0.725. The molecule has 3 aromatic rings. The van der Waals surface area contributed by atoms with Crippen molar-refractivity contribution in [2.75, 3.05) is 0 Å². The molecular weight excluding hydrogens is 321 g/mol. The number of nitrogens with one attached hydrogen (secondary N) is 1. The monoisotopic (exact) mass is 333 g/mol. The van der Waals surface area contributed by atoms with Crippen LogP contribution < -0.4 is 5.56 Å². The second-order valence-electron chi connectivity index (χ2n) is 5.46. The van der Waals surface area contributed by atoms with Gasteiger partial charge in [-0.3, -0.25) is 9.78 Å². The molecule has 0 radical (unpaired) electrons. The van der Waals surface area contributed by atoms with Gasteiger partial charge < -0.3 is 10.1 Å². The van der Waals surface area contributed by atoms with Crippen LogP contribution in [-0.2, 0) is 0 Å². The number of hydrogen-bond donors (Lipinski definition) is 2. The predicted molar refractivity (Wildman–Crippen MR) is 86.3 cm³/mol. The van der Waals surface area contributed by atoms with Crippen molar-refractivity contribution in [2.45, 2.75) is 19.8 Å². The first-order valence-corrected chi connectivity index (χ1v) is 7.32. The Morgan fingerprint density at radius 1 is 1.30 bits per heavy atom. The van der Waals surface area contributed by atoms with Crippen LogP contribution in [0.2, 0.25) is 5.02 Å². The number of hydrogen-bond acceptors (Lipinski definition) is 4. The smallest absolute Gasteiger partial charge is 0.258 e. The fourth-order valence-corrected chi connectivity index (χ4v) is 2.75. The molecule has 5 nitrogen and oxygen atoms in total. The average molecular weight is 334 g/mol. The Morgan fingerprint density at radius 3 is 2.70 bits per heavy atom. The predicted octanol–water partition coefficient (Wildman–Crippen LogP) is 3.61. The number of aromatic nitrogens is 3. The molecule has 0 aliphatic carbocycles. The molecule has 0 spiro atoms. The van der Waals surface area contributed by atoms with Gasteiger partial charge in [-0.15, -0.1) is 0 Å². The third kappa shape index (κ3) is 2.55. The van der Waals surface area contributed by atoms with Gasteiger partial charge in [-0.1, -0.05) is 25.4 Å². The SMILES string of the molecule is CC(C)c1ncc(-c2c(Cl)cc3c(=O)[nH]cnc3c2F)cc1O. The molecule has 7 heteroatoms. The van der Waals surface area contributed by atoms with Crippen LogP contribution in [-0.4, -0.2) is 20.1 Å². The van der Waals surface area contributed by atoms with Gasteiger partial charge in [0, 0.05) is 17.3 Å². The van der Waals surface area contributed by atoms with Crippen LogP contribution in [0.25, 0.3) is 22.0 Å². The summed E-state index contributed by atoms with van der Waals surface area (Å²) in [6.45, 7) is 3.78. The molecule has 23 heavy (non-hydrogen) atoms. The van der Waals surface area contributed by atoms with Crippen molar-refractivity contribution in [2.24, 2.45) is 0 Å². The summed E-state index contributed by atoms with van der Waals surface area (Å²) >= 11 is 6.14. The van der Waals surface area contributed by atoms with E-state index in [-0.39, 0.29) is 33.2 Å². The third-order valence-corrected chi connectivity index (χ3v) is 3.86. The highest BCUT2D eigenvalue weighted by molar-refractivity contribution is 6.34. The quantitative estimate of drug-likeness (QED) is 0.751. The Hall–Kier alpha value is -2.47. The summed E-state index contributed by atoms with van der Waals surface area (Å²) in [5.74, 6) is -0.731. The summed E-state index contributed by atoms with van der Waals surface area (Å²) in [6, 6.07) is 2.76. The van der Waals surface area contributed by atoms with Gasteiger partial charge in [-0.2, -0.15) is 0 Å². The Bertz CT molecular complexity index is 969. The maximum atomic E-state index is 14.8. The highest BCUT2D eigenvalue weighted by Gasteiger charge is 2.19. The number of rotatable bonds is 2. The molecule has 0 amide bonds. The van der Waals surface area contributed by atoms with Gasteiger partial charge in [0.05, 0.1) is 22.4 Å². The van der Waals surface area contributed by atoms with Crippen LogP contribution in [0, 0.1) is 5.82 Å². The fourth-order valence-electron chi connectivity index (χ4n) is 2.45. The van der Waals surface area contributed by atoms with Gasteiger partial charge >= 0.3 is 0 Å². The summed E-state index contributed by atoms with van der Waals surface area (Å²) in [4.78, 5) is 22.1. The zero-order chi connectivity index (χ0) is 16.7. The largest absolute Gasteiger partial charge is 0.506 e. The number of H-pyrrole nitrogens is 1. The normalized spacial score (nSPS) is 11.3. The van der Waals surface area contributed by atoms with Gasteiger partial charge in [0.1, 0.15) is 11.3 Å². The lowest BCUT2D eigenvalue weighted by molar-refractivity contribution is 0.460. The zero-order valence-corrected chi connectivity index (χ0v) is 13.1. The second-order valence-corrected chi connectivity index (χ2v) is 5.87. The average Bonchev–Trinajstić information content (AvgIpc) is 2.48. The number of fused-ring (bicyclic) bond motifs is 1. The Balaban J connectivity index is 2.29. The minimum Gasteiger partial charge on any atom is -0.506 e. The molecule has 0 saturated heterocycles. The number of aromatic hydroxyl groups is 1. The van der Waals surface area contributed by atoms with E-state index in [9.17, 15) is 14.3 Å². The Morgan fingerprint density at radius 2 is 2.04 bits per heavy atom. The Kier molecular flexibility index (Phi) is 3.77. The van der Waals surface area contributed by atoms with Gasteiger partial charge in [0.25, 0.3) is 5.56 Å². The van der Waals surface area contributed by atoms with Crippen molar-refractivity contribution in [3.8, 4) is 16.9 Å². The summed E-state index contributed by atoms with van der Waals surface area (Å²) in [7, 11) is 0. The van der Waals surface area contributed by atoms with E-state index in [0.29, 0.717) is 11.3 Å². The molecular formula is C16H13ClFN3O2. The summed E-state index contributed by atoms with van der Waals surface area (Å²) in [5.41, 5.74) is 0.327. The van der Waals surface area contributed by atoms with E-state index in [1.54, 1.807) is 0 Å². The first-order valence-electron chi connectivity index (χ1n) is 6.94. The van der Waals surface area contributed by atoms with Gasteiger partial charge in [0.2, 0.25) is 0 Å². The number of pyridine rings is 1. The van der Waals surface area contributed by atoms with Crippen LogP contribution in [0.5, 0.6) is 5.75 Å². The van der Waals surface area contributed by atoms with E-state index in [0.717, 1.165) is 6.33 Å². The first-order chi connectivity index (χ1) is 10.9. The molecule has 0 saturated carbocycles. The number of aromatic amines is 1. The number of halogens is 2. The fraction of sp³-hybridized carbons (Fsp3) is 0.188. The van der Waals surface area contributed by atoms with Crippen LogP contribution in [0.1, 0.15) is 25.5 Å². The molecule has 0 fully saturated rings. The molecule has 3 rings (SSSR count). The lowest BCUT2D eigenvalue weighted by Crippen LogP contribution is -2.08. The summed E-state index contributed by atoms with van der Waals surface area (Å²) in [5, 5.41) is 10.2. The van der Waals surface area contributed by atoms with Crippen molar-refractivity contribution in [3.05, 3.63) is 51.5 Å². The van der Waals surface area contributed by atoms with E-state index in [1.165, 1.54) is 18.3 Å². The maximum absolute atomic E-state index is 14.8. The third-order valence-electron chi connectivity index (χ3n) is 3.56. The van der Waals surface area contributed by atoms with Crippen LogP contribution >= 0.6 is 11.6 Å². The molecule has 2 heterocycles. The molecule has 0 atom stereocenters. The van der Waals surface area contributed by atoms with Crippen LogP contribution in [0.3, 0.4) is 0 Å². The van der Waals surface area contributed by atoms with Gasteiger partial charge in [-0.05, 0) is 18.1 Å². The molecule has 118 valence electrons. The molecule has 0 bridgehead atoms. The number of benzene rings is 1. The standard InChI is InChI=1S/C16H13ClFN3O2/c1-7(2)14-11(22)3-8(5-19-14)12-10(17)4-9-15(13(12)18)20-6-21-16(9)23/h3-7,22H,1-2H3,(H,20,21,23). The molecule has 2 N–H and O–H groups in total. The van der Waals surface area contributed by atoms with E-state index < -0.39 is 11.4 Å². The van der Waals surface area contributed by atoms with Crippen molar-refractivity contribution < 1.29 is 9.50 Å². The topological polar surface area (TPSA) is 78.9 Å². The van der Waals surface area contributed by atoms with Crippen molar-refractivity contribution in [3.63, 3.8) is 0 Å². The molecule has 0 unspecified atom stereocenters. The van der Waals surface area contributed by atoms with Crippen molar-refractivity contribution >= 4 is 22.5 Å². The summed E-state index contributed by atoms with van der Waals surface area (Å²) < 4.78 is 14.8. The highest BCUT2D eigenvalue weighted by atomic mass is 35.5. The van der Waals surface area contributed by atoms with Crippen molar-refractivity contribution in [1.82, 2.24) is 15.0 Å². The van der Waals surface area contributed by atoms with E-state index in [2.05, 4.69) is 15.0 Å².